The maximum Gasteiger partial charge on any atom is 0.280 e. The number of amides is 3. The van der Waals surface area contributed by atoms with Crippen molar-refractivity contribution in [2.45, 2.75) is 45.3 Å². The Kier molecular flexibility index (Phi) is 7.24. The molecule has 3 aromatic rings. The van der Waals surface area contributed by atoms with Crippen LogP contribution < -0.4 is 10.6 Å². The monoisotopic (exact) mass is 542 g/mol. The molecule has 0 aliphatic carbocycles. The summed E-state index contributed by atoms with van der Waals surface area (Å²) in [4.78, 5) is 52.0. The number of carbonyl (C=O) groups is 3. The predicted molar refractivity (Wildman–Crippen MR) is 144 cm³/mol. The lowest BCUT2D eigenvalue weighted by Crippen LogP contribution is -2.61. The minimum Gasteiger partial charge on any atom is -0.351 e. The van der Waals surface area contributed by atoms with E-state index in [1.54, 1.807) is 23.1 Å². The molecule has 1 aromatic carbocycles. The van der Waals surface area contributed by atoms with Gasteiger partial charge in [-0.25, -0.2) is 4.98 Å². The molecule has 0 bridgehead atoms. The van der Waals surface area contributed by atoms with E-state index in [1.807, 2.05) is 19.9 Å². The molecule has 4 heterocycles. The number of halogens is 1. The number of aromatic amines is 1. The Balaban J connectivity index is 1.34. The van der Waals surface area contributed by atoms with E-state index in [-0.39, 0.29) is 29.7 Å². The number of nitrogens with one attached hydrogen (secondary N) is 3. The molecule has 0 saturated carbocycles. The number of likely N-dealkylation sites (N-methyl/N-ethyl adjacent to an activating group) is 1. The first-order chi connectivity index (χ1) is 17.7. The highest BCUT2D eigenvalue weighted by Gasteiger charge is 2.35. The summed E-state index contributed by atoms with van der Waals surface area (Å²) < 4.78 is 0. The van der Waals surface area contributed by atoms with Gasteiger partial charge in [0.15, 0.2) is 5.01 Å². The third-order valence-electron chi connectivity index (χ3n) is 7.00. The van der Waals surface area contributed by atoms with Crippen molar-refractivity contribution in [2.75, 3.05) is 26.7 Å². The molecule has 37 heavy (non-hydrogen) atoms. The third-order valence-corrected chi connectivity index (χ3v) is 8.31. The van der Waals surface area contributed by atoms with Crippen LogP contribution in [0.2, 0.25) is 5.02 Å². The van der Waals surface area contributed by atoms with Crippen LogP contribution in [0.1, 0.15) is 51.1 Å². The molecule has 2 aromatic heterocycles. The van der Waals surface area contributed by atoms with Crippen LogP contribution in [0.3, 0.4) is 0 Å². The zero-order valence-electron chi connectivity index (χ0n) is 21.1. The van der Waals surface area contributed by atoms with Gasteiger partial charge in [0.1, 0.15) is 5.69 Å². The summed E-state index contributed by atoms with van der Waals surface area (Å²) in [5.74, 6) is -0.661. The van der Waals surface area contributed by atoms with E-state index < -0.39 is 6.04 Å². The zero-order chi connectivity index (χ0) is 26.3. The van der Waals surface area contributed by atoms with E-state index in [4.69, 9.17) is 11.6 Å². The summed E-state index contributed by atoms with van der Waals surface area (Å²) in [5, 5.41) is 8.02. The fraction of sp³-hybridized carbons (Fsp3) is 0.462. The van der Waals surface area contributed by atoms with Crippen LogP contribution in [0.4, 0.5) is 0 Å². The van der Waals surface area contributed by atoms with Crippen LogP contribution in [-0.4, -0.2) is 76.3 Å². The van der Waals surface area contributed by atoms with Crippen molar-refractivity contribution in [3.63, 3.8) is 0 Å². The van der Waals surface area contributed by atoms with E-state index in [0.29, 0.717) is 35.2 Å². The van der Waals surface area contributed by atoms with Crippen molar-refractivity contribution in [3.8, 4) is 0 Å². The number of rotatable bonds is 5. The molecule has 1 unspecified atom stereocenters. The van der Waals surface area contributed by atoms with Gasteiger partial charge >= 0.3 is 0 Å². The first kappa shape index (κ1) is 25.7. The Morgan fingerprint density at radius 3 is 2.70 bits per heavy atom. The van der Waals surface area contributed by atoms with Crippen LogP contribution in [0.25, 0.3) is 10.9 Å². The molecule has 0 radical (unpaired) electrons. The molecule has 3 N–H and O–H groups in total. The Labute approximate surface area is 224 Å². The predicted octanol–water partition coefficient (Wildman–Crippen LogP) is 3.05. The van der Waals surface area contributed by atoms with Crippen LogP contribution in [-0.2, 0) is 17.8 Å². The Morgan fingerprint density at radius 2 is 1.92 bits per heavy atom. The van der Waals surface area contributed by atoms with Crippen molar-refractivity contribution in [1.29, 1.82) is 0 Å². The third kappa shape index (κ3) is 5.51. The highest BCUT2D eigenvalue weighted by molar-refractivity contribution is 7.13. The lowest BCUT2D eigenvalue weighted by atomic mass is 9.97. The Morgan fingerprint density at radius 1 is 1.14 bits per heavy atom. The number of likely N-dealkylation sites (tertiary alicyclic amines) is 1. The van der Waals surface area contributed by atoms with Crippen molar-refractivity contribution < 1.29 is 14.4 Å². The molecule has 11 heteroatoms. The number of carbonyl (C=O) groups excluding carboxylic acids is 3. The molecule has 1 saturated heterocycles. The smallest absolute Gasteiger partial charge is 0.280 e. The van der Waals surface area contributed by atoms with Crippen molar-refractivity contribution in [1.82, 2.24) is 30.4 Å². The van der Waals surface area contributed by atoms with Crippen molar-refractivity contribution in [2.24, 2.45) is 5.92 Å². The fourth-order valence-electron chi connectivity index (χ4n) is 4.96. The molecule has 0 spiro atoms. The summed E-state index contributed by atoms with van der Waals surface area (Å²) >= 11 is 7.50. The van der Waals surface area contributed by atoms with Gasteiger partial charge in [0.05, 0.1) is 17.8 Å². The van der Waals surface area contributed by atoms with Crippen LogP contribution >= 0.6 is 22.9 Å². The molecular formula is C26H31ClN6O3S. The highest BCUT2D eigenvalue weighted by atomic mass is 35.5. The molecule has 9 nitrogen and oxygen atoms in total. The van der Waals surface area contributed by atoms with E-state index in [0.717, 1.165) is 41.0 Å². The SMILES string of the molecule is CC(C)C(=O)N1CCC(NC(=O)c2cc3cc(Cl)ccc3[nH]2)[C@H](NC(=O)c2nc3c(s2)CN(C)CC3)C1. The summed E-state index contributed by atoms with van der Waals surface area (Å²) in [6.45, 7) is 6.26. The number of thiazole rings is 1. The van der Waals surface area contributed by atoms with E-state index in [2.05, 4.69) is 32.5 Å². The number of fused-ring (bicyclic) bond motifs is 2. The minimum absolute atomic E-state index is 0.0317. The minimum atomic E-state index is -0.449. The quantitative estimate of drug-likeness (QED) is 0.459. The molecule has 2 aliphatic heterocycles. The topological polar surface area (TPSA) is 110 Å². The average Bonchev–Trinajstić information content (AvgIpc) is 3.48. The maximum absolute atomic E-state index is 13.3. The summed E-state index contributed by atoms with van der Waals surface area (Å²) in [5.41, 5.74) is 2.21. The first-order valence-corrected chi connectivity index (χ1v) is 13.7. The van der Waals surface area contributed by atoms with Gasteiger partial charge in [-0.15, -0.1) is 11.3 Å². The van der Waals surface area contributed by atoms with E-state index in [1.165, 1.54) is 11.3 Å². The fourth-order valence-corrected chi connectivity index (χ4v) is 6.23. The molecule has 3 amide bonds. The van der Waals surface area contributed by atoms with Gasteiger partial charge in [-0.3, -0.25) is 14.4 Å². The van der Waals surface area contributed by atoms with Gasteiger partial charge in [-0.05, 0) is 37.7 Å². The number of aromatic nitrogens is 2. The van der Waals surface area contributed by atoms with E-state index >= 15 is 0 Å². The molecular weight excluding hydrogens is 512 g/mol. The van der Waals surface area contributed by atoms with Crippen LogP contribution in [0, 0.1) is 5.92 Å². The van der Waals surface area contributed by atoms with Gasteiger partial charge in [0.2, 0.25) is 5.91 Å². The van der Waals surface area contributed by atoms with E-state index in [9.17, 15) is 14.4 Å². The van der Waals surface area contributed by atoms with Gasteiger partial charge in [0.25, 0.3) is 11.8 Å². The molecule has 5 rings (SSSR count). The standard InChI is InChI=1S/C26H31ClN6O3S/c1-14(2)26(36)33-9-7-18(29-23(34)20-11-15-10-16(27)4-5-17(15)28-20)21(12-33)30-24(35)25-31-19-6-8-32(3)13-22(19)37-25/h4-5,10-11,14,18,21,28H,6-9,12-13H2,1-3H3,(H,29,34)(H,30,35)/t18?,21-/m1/s1. The van der Waals surface area contributed by atoms with Crippen molar-refractivity contribution in [3.05, 3.63) is 50.6 Å². The molecule has 2 atom stereocenters. The zero-order valence-corrected chi connectivity index (χ0v) is 22.7. The summed E-state index contributed by atoms with van der Waals surface area (Å²) in [6, 6.07) is 6.37. The number of benzene rings is 1. The van der Waals surface area contributed by atoms with Gasteiger partial charge in [-0.1, -0.05) is 25.4 Å². The number of hydrogen-bond donors (Lipinski definition) is 3. The molecule has 2 aliphatic rings. The van der Waals surface area contributed by atoms with Crippen LogP contribution in [0.15, 0.2) is 24.3 Å². The van der Waals surface area contributed by atoms with Crippen molar-refractivity contribution >= 4 is 51.6 Å². The van der Waals surface area contributed by atoms with Gasteiger partial charge < -0.3 is 25.4 Å². The van der Waals surface area contributed by atoms with Crippen LogP contribution in [0.5, 0.6) is 0 Å². The second-order valence-corrected chi connectivity index (χ2v) is 11.7. The molecule has 196 valence electrons. The number of H-pyrrole nitrogens is 1. The lowest BCUT2D eigenvalue weighted by Gasteiger charge is -2.39. The number of hydrogen-bond acceptors (Lipinski definition) is 6. The maximum atomic E-state index is 13.3. The Hall–Kier alpha value is -2.95. The number of piperidine rings is 1. The largest absolute Gasteiger partial charge is 0.351 e. The first-order valence-electron chi connectivity index (χ1n) is 12.5. The Bertz CT molecular complexity index is 1350. The van der Waals surface area contributed by atoms with Gasteiger partial charge in [0, 0.05) is 59.3 Å². The second-order valence-electron chi connectivity index (χ2n) is 10.2. The average molecular weight is 543 g/mol. The lowest BCUT2D eigenvalue weighted by molar-refractivity contribution is -0.136. The summed E-state index contributed by atoms with van der Waals surface area (Å²) in [7, 11) is 2.06. The second kappa shape index (κ2) is 10.4. The van der Waals surface area contributed by atoms with Gasteiger partial charge in [-0.2, -0.15) is 0 Å². The number of nitrogens with zero attached hydrogens (tertiary/aromatic N) is 3. The highest BCUT2D eigenvalue weighted by Crippen LogP contribution is 2.25. The molecule has 1 fully saturated rings. The summed E-state index contributed by atoms with van der Waals surface area (Å²) in [6.07, 6.45) is 1.35. The normalized spacial score (nSPS) is 20.2.